The molecule has 0 bridgehead atoms. The predicted octanol–water partition coefficient (Wildman–Crippen LogP) is 3.05. The Hall–Kier alpha value is -0.330. The molecule has 0 saturated heterocycles. The van der Waals surface area contributed by atoms with Crippen molar-refractivity contribution in [1.29, 1.82) is 0 Å². The smallest absolute Gasteiger partial charge is 0.200 e. The molecule has 0 unspecified atom stereocenters. The molecular formula is C10H11BrF2O2S. The third-order valence-corrected chi connectivity index (χ3v) is 2.32. The molecule has 0 saturated carbocycles. The monoisotopic (exact) mass is 312 g/mol. The van der Waals surface area contributed by atoms with Gasteiger partial charge in [0.1, 0.15) is 6.61 Å². The van der Waals surface area contributed by atoms with E-state index in [2.05, 4.69) is 28.6 Å². The van der Waals surface area contributed by atoms with Gasteiger partial charge in [0.2, 0.25) is 5.82 Å². The fourth-order valence-corrected chi connectivity index (χ4v) is 1.55. The Morgan fingerprint density at radius 1 is 1.19 bits per heavy atom. The molecule has 0 amide bonds. The highest BCUT2D eigenvalue weighted by molar-refractivity contribution is 9.10. The van der Waals surface area contributed by atoms with E-state index in [4.69, 9.17) is 9.47 Å². The molecule has 0 N–H and O–H groups in total. The Labute approximate surface area is 106 Å². The van der Waals surface area contributed by atoms with Crippen LogP contribution in [0.15, 0.2) is 16.6 Å². The van der Waals surface area contributed by atoms with Crippen LogP contribution in [0.2, 0.25) is 0 Å². The van der Waals surface area contributed by atoms with Crippen LogP contribution in [-0.2, 0) is 4.74 Å². The molecule has 1 rings (SSSR count). The van der Waals surface area contributed by atoms with Crippen molar-refractivity contribution in [3.63, 3.8) is 0 Å². The normalized spacial score (nSPS) is 10.5. The van der Waals surface area contributed by atoms with Crippen LogP contribution in [0, 0.1) is 11.6 Å². The van der Waals surface area contributed by atoms with Gasteiger partial charge in [0.25, 0.3) is 0 Å². The van der Waals surface area contributed by atoms with E-state index in [1.54, 1.807) is 0 Å². The van der Waals surface area contributed by atoms with Gasteiger partial charge in [-0.2, -0.15) is 17.0 Å². The molecule has 0 fully saturated rings. The number of halogens is 3. The zero-order valence-electron chi connectivity index (χ0n) is 8.38. The van der Waals surface area contributed by atoms with E-state index in [1.165, 1.54) is 6.07 Å². The van der Waals surface area contributed by atoms with Crippen LogP contribution in [0.4, 0.5) is 8.78 Å². The van der Waals surface area contributed by atoms with Crippen LogP contribution in [0.25, 0.3) is 0 Å². The third kappa shape index (κ3) is 4.27. The van der Waals surface area contributed by atoms with Gasteiger partial charge in [0, 0.05) is 10.2 Å². The zero-order valence-corrected chi connectivity index (χ0v) is 10.9. The molecular weight excluding hydrogens is 302 g/mol. The topological polar surface area (TPSA) is 18.5 Å². The van der Waals surface area contributed by atoms with E-state index >= 15 is 0 Å². The van der Waals surface area contributed by atoms with E-state index in [9.17, 15) is 8.78 Å². The first-order valence-corrected chi connectivity index (χ1v) is 6.03. The molecule has 0 spiro atoms. The molecule has 0 aromatic heterocycles. The summed E-state index contributed by atoms with van der Waals surface area (Å²) in [6.07, 6.45) is 0. The van der Waals surface area contributed by atoms with Crippen LogP contribution < -0.4 is 4.74 Å². The summed E-state index contributed by atoms with van der Waals surface area (Å²) in [5.41, 5.74) is 0. The minimum atomic E-state index is -0.989. The molecule has 1 aromatic rings. The van der Waals surface area contributed by atoms with E-state index < -0.39 is 11.6 Å². The minimum Gasteiger partial charge on any atom is -0.488 e. The quantitative estimate of drug-likeness (QED) is 0.494. The van der Waals surface area contributed by atoms with Crippen molar-refractivity contribution in [2.75, 3.05) is 25.6 Å². The Balaban J connectivity index is 2.47. The van der Waals surface area contributed by atoms with Gasteiger partial charge in [-0.3, -0.25) is 0 Å². The van der Waals surface area contributed by atoms with Gasteiger partial charge < -0.3 is 9.47 Å². The lowest BCUT2D eigenvalue weighted by molar-refractivity contribution is 0.110. The number of hydrogen-bond acceptors (Lipinski definition) is 3. The molecule has 90 valence electrons. The maximum absolute atomic E-state index is 13.2. The highest BCUT2D eigenvalue weighted by Crippen LogP contribution is 2.25. The van der Waals surface area contributed by atoms with Crippen molar-refractivity contribution >= 4 is 28.6 Å². The summed E-state index contributed by atoms with van der Waals surface area (Å²) in [5, 5.41) is 0. The lowest BCUT2D eigenvalue weighted by atomic mass is 10.3. The fraction of sp³-hybridized carbons (Fsp3) is 0.400. The van der Waals surface area contributed by atoms with Crippen LogP contribution >= 0.6 is 28.6 Å². The second-order valence-corrected chi connectivity index (χ2v) is 4.25. The summed E-state index contributed by atoms with van der Waals surface area (Å²) < 4.78 is 36.7. The average molecular weight is 313 g/mol. The highest BCUT2D eigenvalue weighted by Gasteiger charge is 2.10. The van der Waals surface area contributed by atoms with Gasteiger partial charge >= 0.3 is 0 Å². The van der Waals surface area contributed by atoms with Crippen LogP contribution in [0.1, 0.15) is 0 Å². The van der Waals surface area contributed by atoms with Crippen molar-refractivity contribution < 1.29 is 18.3 Å². The maximum Gasteiger partial charge on any atom is 0.200 e. The number of benzene rings is 1. The van der Waals surface area contributed by atoms with E-state index in [-0.39, 0.29) is 12.4 Å². The molecule has 0 radical (unpaired) electrons. The van der Waals surface area contributed by atoms with Gasteiger partial charge in [0.15, 0.2) is 11.6 Å². The minimum absolute atomic E-state index is 0.124. The SMILES string of the molecule is Fc1cc(Br)cc(OCCOCCS)c1F. The van der Waals surface area contributed by atoms with Crippen molar-refractivity contribution in [1.82, 2.24) is 0 Å². The number of thiol groups is 1. The number of hydrogen-bond donors (Lipinski definition) is 1. The molecule has 0 atom stereocenters. The Bertz CT molecular complexity index is 350. The second kappa shape index (κ2) is 7.09. The van der Waals surface area contributed by atoms with Gasteiger partial charge in [-0.25, -0.2) is 4.39 Å². The molecule has 0 aliphatic carbocycles. The molecule has 0 heterocycles. The summed E-state index contributed by atoms with van der Waals surface area (Å²) >= 11 is 7.01. The molecule has 0 aliphatic rings. The first-order chi connectivity index (χ1) is 7.65. The summed E-state index contributed by atoms with van der Waals surface area (Å²) in [4.78, 5) is 0. The summed E-state index contributed by atoms with van der Waals surface area (Å²) in [5.74, 6) is -1.45. The van der Waals surface area contributed by atoms with Gasteiger partial charge in [-0.1, -0.05) is 15.9 Å². The molecule has 2 nitrogen and oxygen atoms in total. The van der Waals surface area contributed by atoms with Crippen molar-refractivity contribution in [3.05, 3.63) is 28.2 Å². The summed E-state index contributed by atoms with van der Waals surface area (Å²) in [7, 11) is 0. The standard InChI is InChI=1S/C10H11BrF2O2S/c11-7-5-8(12)10(13)9(6-7)15-2-1-14-3-4-16/h5-6,16H,1-4H2. The first kappa shape index (κ1) is 13.7. The third-order valence-electron chi connectivity index (χ3n) is 1.68. The van der Waals surface area contributed by atoms with Crippen molar-refractivity contribution in [3.8, 4) is 5.75 Å². The zero-order chi connectivity index (χ0) is 12.0. The average Bonchev–Trinajstić information content (AvgIpc) is 2.24. The number of rotatable bonds is 6. The van der Waals surface area contributed by atoms with Gasteiger partial charge in [0.05, 0.1) is 13.2 Å². The summed E-state index contributed by atoms with van der Waals surface area (Å²) in [6, 6.07) is 2.41. The first-order valence-electron chi connectivity index (χ1n) is 4.61. The predicted molar refractivity (Wildman–Crippen MR) is 64.2 cm³/mol. The van der Waals surface area contributed by atoms with Crippen molar-refractivity contribution in [2.24, 2.45) is 0 Å². The van der Waals surface area contributed by atoms with Crippen LogP contribution in [0.3, 0.4) is 0 Å². The highest BCUT2D eigenvalue weighted by atomic mass is 79.9. The fourth-order valence-electron chi connectivity index (χ4n) is 1.01. The molecule has 16 heavy (non-hydrogen) atoms. The maximum atomic E-state index is 13.2. The molecule has 0 aliphatic heterocycles. The van der Waals surface area contributed by atoms with E-state index in [0.29, 0.717) is 23.4 Å². The van der Waals surface area contributed by atoms with Gasteiger partial charge in [-0.05, 0) is 12.1 Å². The largest absolute Gasteiger partial charge is 0.488 e. The van der Waals surface area contributed by atoms with Gasteiger partial charge in [-0.15, -0.1) is 0 Å². The lowest BCUT2D eigenvalue weighted by Gasteiger charge is -2.08. The Kier molecular flexibility index (Phi) is 6.08. The molecule has 6 heteroatoms. The number of ether oxygens (including phenoxy) is 2. The Morgan fingerprint density at radius 3 is 2.62 bits per heavy atom. The summed E-state index contributed by atoms with van der Waals surface area (Å²) in [6.45, 7) is 0.983. The van der Waals surface area contributed by atoms with E-state index in [0.717, 1.165) is 6.07 Å². The second-order valence-electron chi connectivity index (χ2n) is 2.88. The van der Waals surface area contributed by atoms with Crippen LogP contribution in [0.5, 0.6) is 5.75 Å². The lowest BCUT2D eigenvalue weighted by Crippen LogP contribution is -2.09. The Morgan fingerprint density at radius 2 is 1.94 bits per heavy atom. The van der Waals surface area contributed by atoms with E-state index in [1.807, 2.05) is 0 Å². The van der Waals surface area contributed by atoms with Crippen molar-refractivity contribution in [2.45, 2.75) is 0 Å². The molecule has 1 aromatic carbocycles. The van der Waals surface area contributed by atoms with Crippen LogP contribution in [-0.4, -0.2) is 25.6 Å².